The first-order valence-electron chi connectivity index (χ1n) is 14.2. The third kappa shape index (κ3) is 4.71. The highest BCUT2D eigenvalue weighted by molar-refractivity contribution is 7.12. The SMILES string of the molecule is CN1CCN(C2=C(N3CCc4cc(NC(=O)c5sccc5NCc5ccnc6ccccc56)ccc43)C(=O)C2O)CC1. The second-order valence-corrected chi connectivity index (χ2v) is 11.9. The quantitative estimate of drug-likeness (QED) is 0.303. The number of ketones is 1. The number of amides is 1. The van der Waals surface area contributed by atoms with Crippen molar-refractivity contribution in [2.45, 2.75) is 19.1 Å². The number of aliphatic hydroxyl groups is 1. The first kappa shape index (κ1) is 26.6. The van der Waals surface area contributed by atoms with E-state index in [-0.39, 0.29) is 11.7 Å². The van der Waals surface area contributed by atoms with Gasteiger partial charge in [-0.25, -0.2) is 0 Å². The Morgan fingerprint density at radius 1 is 1.07 bits per heavy atom. The average molecular weight is 581 g/mol. The second-order valence-electron chi connectivity index (χ2n) is 11.0. The number of para-hydroxylation sites is 1. The van der Waals surface area contributed by atoms with Crippen molar-refractivity contribution in [3.63, 3.8) is 0 Å². The second kappa shape index (κ2) is 10.9. The van der Waals surface area contributed by atoms with E-state index < -0.39 is 6.10 Å². The third-order valence-corrected chi connectivity index (χ3v) is 9.32. The van der Waals surface area contributed by atoms with Crippen molar-refractivity contribution >= 4 is 51.0 Å². The molecule has 1 unspecified atom stereocenters. The lowest BCUT2D eigenvalue weighted by molar-refractivity contribution is -0.126. The Kier molecular flexibility index (Phi) is 6.89. The number of anilines is 3. The molecule has 0 bridgehead atoms. The van der Waals surface area contributed by atoms with E-state index in [0.29, 0.717) is 29.4 Å². The molecule has 2 aliphatic heterocycles. The molecule has 3 aliphatic rings. The molecular formula is C32H32N6O3S. The number of hydrogen-bond donors (Lipinski definition) is 3. The zero-order chi connectivity index (χ0) is 28.8. The van der Waals surface area contributed by atoms with Gasteiger partial charge >= 0.3 is 0 Å². The van der Waals surface area contributed by atoms with E-state index in [2.05, 4.69) is 38.5 Å². The molecule has 1 amide bonds. The molecule has 42 heavy (non-hydrogen) atoms. The van der Waals surface area contributed by atoms with Crippen LogP contribution in [0, 0.1) is 0 Å². The molecule has 214 valence electrons. The van der Waals surface area contributed by atoms with Crippen LogP contribution in [0.2, 0.25) is 0 Å². The van der Waals surface area contributed by atoms with E-state index >= 15 is 0 Å². The van der Waals surface area contributed by atoms with Crippen LogP contribution in [0.3, 0.4) is 0 Å². The van der Waals surface area contributed by atoms with Crippen LogP contribution in [0.5, 0.6) is 0 Å². The Morgan fingerprint density at radius 3 is 2.76 bits per heavy atom. The van der Waals surface area contributed by atoms with E-state index in [1.807, 2.05) is 65.0 Å². The average Bonchev–Trinajstić information content (AvgIpc) is 3.66. The molecule has 2 aromatic carbocycles. The first-order valence-corrected chi connectivity index (χ1v) is 15.1. The largest absolute Gasteiger partial charge is 0.380 e. The Balaban J connectivity index is 1.06. The van der Waals surface area contributed by atoms with Crippen LogP contribution < -0.4 is 15.5 Å². The Bertz CT molecular complexity index is 1720. The van der Waals surface area contributed by atoms with Crippen molar-refractivity contribution in [2.75, 3.05) is 55.3 Å². The van der Waals surface area contributed by atoms with Crippen molar-refractivity contribution in [1.82, 2.24) is 14.8 Å². The lowest BCUT2D eigenvalue weighted by atomic mass is 9.92. The lowest BCUT2D eigenvalue weighted by Gasteiger charge is -2.43. The zero-order valence-corrected chi connectivity index (χ0v) is 24.2. The summed E-state index contributed by atoms with van der Waals surface area (Å²) in [6, 6.07) is 17.8. The molecule has 3 N–H and O–H groups in total. The van der Waals surface area contributed by atoms with Crippen molar-refractivity contribution in [2.24, 2.45) is 0 Å². The van der Waals surface area contributed by atoms with Gasteiger partial charge in [-0.2, -0.15) is 0 Å². The number of fused-ring (bicyclic) bond motifs is 2. The predicted octanol–water partition coefficient (Wildman–Crippen LogP) is 3.93. The van der Waals surface area contributed by atoms with Crippen molar-refractivity contribution < 1.29 is 14.7 Å². The van der Waals surface area contributed by atoms with Gasteiger partial charge in [0, 0.05) is 62.2 Å². The number of aliphatic hydroxyl groups excluding tert-OH is 1. The van der Waals surface area contributed by atoms with Gasteiger partial charge in [-0.1, -0.05) is 18.2 Å². The molecular weight excluding hydrogens is 548 g/mol. The molecule has 1 aliphatic carbocycles. The number of benzene rings is 2. The molecule has 4 heterocycles. The van der Waals surface area contributed by atoms with Gasteiger partial charge < -0.3 is 30.4 Å². The minimum atomic E-state index is -1.04. The molecule has 0 radical (unpaired) electrons. The number of nitrogens with one attached hydrogen (secondary N) is 2. The fraction of sp³-hybridized carbons (Fsp3) is 0.281. The van der Waals surface area contributed by atoms with Crippen LogP contribution in [0.1, 0.15) is 20.8 Å². The minimum Gasteiger partial charge on any atom is -0.380 e. The molecule has 10 heteroatoms. The summed E-state index contributed by atoms with van der Waals surface area (Å²) in [5, 5.41) is 20.0. The Hall–Kier alpha value is -4.25. The van der Waals surface area contributed by atoms with Gasteiger partial charge in [0.15, 0.2) is 6.10 Å². The molecule has 7 rings (SSSR count). The molecule has 0 spiro atoms. The minimum absolute atomic E-state index is 0.167. The molecule has 2 aromatic heterocycles. The number of piperazine rings is 1. The van der Waals surface area contributed by atoms with E-state index in [1.54, 1.807) is 0 Å². The van der Waals surface area contributed by atoms with E-state index in [9.17, 15) is 14.7 Å². The summed E-state index contributed by atoms with van der Waals surface area (Å²) >= 11 is 1.40. The summed E-state index contributed by atoms with van der Waals surface area (Å²) in [7, 11) is 2.09. The van der Waals surface area contributed by atoms with Gasteiger partial charge in [0.25, 0.3) is 5.91 Å². The number of carbonyl (C=O) groups excluding carboxylic acids is 2. The predicted molar refractivity (Wildman–Crippen MR) is 166 cm³/mol. The van der Waals surface area contributed by atoms with Gasteiger partial charge in [-0.05, 0) is 66.4 Å². The van der Waals surface area contributed by atoms with Crippen LogP contribution in [0.4, 0.5) is 17.1 Å². The number of aromatic nitrogens is 1. The van der Waals surface area contributed by atoms with Crippen molar-refractivity contribution in [1.29, 1.82) is 0 Å². The fourth-order valence-corrected chi connectivity index (χ4v) is 6.86. The lowest BCUT2D eigenvalue weighted by Crippen LogP contribution is -2.54. The van der Waals surface area contributed by atoms with Crippen molar-refractivity contribution in [3.8, 4) is 0 Å². The number of likely N-dealkylation sites (N-methyl/N-ethyl adjacent to an activating group) is 1. The maximum Gasteiger partial charge on any atom is 0.267 e. The monoisotopic (exact) mass is 580 g/mol. The van der Waals surface area contributed by atoms with E-state index in [0.717, 1.165) is 71.7 Å². The zero-order valence-electron chi connectivity index (χ0n) is 23.3. The Morgan fingerprint density at radius 2 is 1.90 bits per heavy atom. The van der Waals surface area contributed by atoms with Crippen LogP contribution in [0.25, 0.3) is 10.9 Å². The van der Waals surface area contributed by atoms with E-state index in [4.69, 9.17) is 0 Å². The number of thiophene rings is 1. The number of carbonyl (C=O) groups is 2. The molecule has 4 aromatic rings. The standard InChI is InChI=1S/C32H32N6O3S/c1-36-13-15-37(16-14-36)27-28(30(40)29(27)39)38-12-9-20-18-22(6-7-26(20)38)35-32(41)31-25(10-17-42-31)34-19-21-8-11-33-24-5-3-2-4-23(21)24/h2-8,10-11,17-18,29,34,39H,9,12-16,19H2,1H3,(H,35,41). The topological polar surface area (TPSA) is 101 Å². The van der Waals surface area contributed by atoms with Gasteiger partial charge in [-0.15, -0.1) is 11.3 Å². The van der Waals surface area contributed by atoms with Crippen LogP contribution in [-0.4, -0.2) is 77.5 Å². The molecule has 1 atom stereocenters. The Labute approximate surface area is 248 Å². The molecule has 0 saturated carbocycles. The van der Waals surface area contributed by atoms with E-state index in [1.165, 1.54) is 11.3 Å². The summed E-state index contributed by atoms with van der Waals surface area (Å²) in [6.45, 7) is 4.64. The smallest absolute Gasteiger partial charge is 0.267 e. The molecule has 1 fully saturated rings. The van der Waals surface area contributed by atoms with Crippen LogP contribution in [0.15, 0.2) is 77.6 Å². The number of Topliss-reactive ketones (excluding diaryl/α,β-unsaturated/α-hetero) is 1. The number of rotatable bonds is 7. The highest BCUT2D eigenvalue weighted by Crippen LogP contribution is 2.40. The first-order chi connectivity index (χ1) is 20.5. The molecule has 9 nitrogen and oxygen atoms in total. The van der Waals surface area contributed by atoms with Crippen molar-refractivity contribution in [3.05, 3.63) is 93.6 Å². The maximum absolute atomic E-state index is 13.3. The highest BCUT2D eigenvalue weighted by atomic mass is 32.1. The van der Waals surface area contributed by atoms with Gasteiger partial charge in [0.2, 0.25) is 5.78 Å². The molecule has 1 saturated heterocycles. The summed E-state index contributed by atoms with van der Waals surface area (Å²) in [5.41, 5.74) is 6.95. The number of pyridine rings is 1. The van der Waals surface area contributed by atoms with Crippen LogP contribution >= 0.6 is 11.3 Å². The number of hydrogen-bond acceptors (Lipinski definition) is 9. The van der Waals surface area contributed by atoms with Gasteiger partial charge in [0.1, 0.15) is 10.6 Å². The summed E-state index contributed by atoms with van der Waals surface area (Å²) in [4.78, 5) is 37.6. The number of nitrogens with zero attached hydrogens (tertiary/aromatic N) is 4. The fourth-order valence-electron chi connectivity index (χ4n) is 6.10. The summed E-state index contributed by atoms with van der Waals surface area (Å²) in [5.74, 6) is -0.383. The maximum atomic E-state index is 13.3. The summed E-state index contributed by atoms with van der Waals surface area (Å²) < 4.78 is 0. The van der Waals surface area contributed by atoms with Crippen LogP contribution in [-0.2, 0) is 17.8 Å². The van der Waals surface area contributed by atoms with Gasteiger partial charge in [0.05, 0.1) is 16.9 Å². The van der Waals surface area contributed by atoms with Gasteiger partial charge in [-0.3, -0.25) is 14.6 Å². The highest BCUT2D eigenvalue weighted by Gasteiger charge is 2.45. The third-order valence-electron chi connectivity index (χ3n) is 8.41. The normalized spacial score (nSPS) is 18.8. The summed E-state index contributed by atoms with van der Waals surface area (Å²) in [6.07, 6.45) is 1.52.